The molecule has 3 aromatic carbocycles. The van der Waals surface area contributed by atoms with Crippen LogP contribution in [0.15, 0.2) is 70.7 Å². The number of sulfonamides is 1. The maximum atomic E-state index is 13.9. The van der Waals surface area contributed by atoms with Crippen molar-refractivity contribution < 1.29 is 41.7 Å². The molecule has 0 aliphatic rings. The lowest BCUT2D eigenvalue weighted by atomic mass is 10.2. The largest absolute Gasteiger partial charge is 0.495 e. The summed E-state index contributed by atoms with van der Waals surface area (Å²) in [6.45, 7) is 4.38. The van der Waals surface area contributed by atoms with Crippen molar-refractivity contribution in [1.82, 2.24) is 5.43 Å². The Labute approximate surface area is 261 Å². The second-order valence-corrected chi connectivity index (χ2v) is 12.4. The third-order valence-electron chi connectivity index (χ3n) is 5.70. The van der Waals surface area contributed by atoms with Gasteiger partial charge in [-0.15, -0.1) is 0 Å². The van der Waals surface area contributed by atoms with Gasteiger partial charge in [0.15, 0.2) is 18.1 Å². The summed E-state index contributed by atoms with van der Waals surface area (Å²) in [7, 11) is -0.191. The Balaban J connectivity index is 1.78. The van der Waals surface area contributed by atoms with Gasteiger partial charge in [0.1, 0.15) is 23.6 Å². The SMILES string of the molecule is COc1ccc(S(=O)(=O)N(CC(=O)N/N=C/c2ccc(OCC(=O)OC(C)(C)C)cc2)c2cc(Cl)ccc2OC)cc1OC. The van der Waals surface area contributed by atoms with Gasteiger partial charge in [-0.2, -0.15) is 5.10 Å². The molecular weight excluding hydrogens is 614 g/mol. The Morgan fingerprint density at radius 1 is 0.909 bits per heavy atom. The van der Waals surface area contributed by atoms with Crippen LogP contribution in [0.5, 0.6) is 23.0 Å². The van der Waals surface area contributed by atoms with Crippen molar-refractivity contribution in [2.75, 3.05) is 38.8 Å². The Hall–Kier alpha value is -4.49. The molecule has 0 aromatic heterocycles. The molecule has 1 amide bonds. The summed E-state index contributed by atoms with van der Waals surface area (Å²) in [4.78, 5) is 24.7. The highest BCUT2D eigenvalue weighted by molar-refractivity contribution is 7.92. The van der Waals surface area contributed by atoms with E-state index in [2.05, 4.69) is 10.5 Å². The standard InChI is InChI=1S/C30H34ClN3O9S/c1-30(2,3)43-29(36)19-42-22-10-7-20(8-11-22)17-32-33-28(35)18-34(24-15-21(31)9-13-25(24)39-4)44(37,38)23-12-14-26(40-5)27(16-23)41-6/h7-17H,18-19H2,1-6H3,(H,33,35)/b32-17+. The van der Waals surface area contributed by atoms with Gasteiger partial charge in [-0.1, -0.05) is 11.6 Å². The van der Waals surface area contributed by atoms with E-state index in [9.17, 15) is 18.0 Å². The number of carbonyl (C=O) groups excluding carboxylic acids is 2. The molecule has 0 radical (unpaired) electrons. The molecule has 0 heterocycles. The van der Waals surface area contributed by atoms with Crippen LogP contribution in [0.2, 0.25) is 5.02 Å². The molecule has 236 valence electrons. The second-order valence-electron chi connectivity index (χ2n) is 10.1. The van der Waals surface area contributed by atoms with Gasteiger partial charge >= 0.3 is 5.97 Å². The molecule has 3 rings (SSSR count). The summed E-state index contributed by atoms with van der Waals surface area (Å²) in [6.07, 6.45) is 1.36. The van der Waals surface area contributed by atoms with Gasteiger partial charge in [0, 0.05) is 11.1 Å². The number of methoxy groups -OCH3 is 3. The molecule has 0 aliphatic heterocycles. The van der Waals surface area contributed by atoms with Crippen LogP contribution in [-0.4, -0.2) is 66.6 Å². The zero-order chi connectivity index (χ0) is 32.5. The fraction of sp³-hybridized carbons (Fsp3) is 0.300. The number of esters is 1. The first-order valence-corrected chi connectivity index (χ1v) is 14.9. The molecule has 0 bridgehead atoms. The lowest BCUT2D eigenvalue weighted by Crippen LogP contribution is -2.39. The predicted octanol–water partition coefficient (Wildman–Crippen LogP) is 4.43. The summed E-state index contributed by atoms with van der Waals surface area (Å²) in [6, 6.07) is 15.0. The number of amides is 1. The van der Waals surface area contributed by atoms with E-state index in [0.717, 1.165) is 4.31 Å². The van der Waals surface area contributed by atoms with Crippen LogP contribution in [0.4, 0.5) is 5.69 Å². The first-order valence-electron chi connectivity index (χ1n) is 13.1. The smallest absolute Gasteiger partial charge is 0.344 e. The van der Waals surface area contributed by atoms with Gasteiger partial charge in [-0.05, 0) is 80.9 Å². The molecule has 0 spiro atoms. The maximum absolute atomic E-state index is 13.9. The van der Waals surface area contributed by atoms with Crippen LogP contribution < -0.4 is 28.7 Å². The molecule has 0 saturated carbocycles. The Bertz CT molecular complexity index is 1600. The number of halogens is 1. The molecular formula is C30H34ClN3O9S. The average Bonchev–Trinajstić information content (AvgIpc) is 2.98. The number of ether oxygens (including phenoxy) is 5. The molecule has 3 aromatic rings. The highest BCUT2D eigenvalue weighted by Crippen LogP contribution is 2.37. The van der Waals surface area contributed by atoms with Crippen molar-refractivity contribution in [2.45, 2.75) is 31.3 Å². The number of anilines is 1. The lowest BCUT2D eigenvalue weighted by Gasteiger charge is -2.25. The van der Waals surface area contributed by atoms with E-state index < -0.39 is 34.0 Å². The minimum atomic E-state index is -4.36. The number of benzene rings is 3. The summed E-state index contributed by atoms with van der Waals surface area (Å²) in [5.74, 6) is -0.129. The van der Waals surface area contributed by atoms with Crippen LogP contribution in [-0.2, 0) is 24.3 Å². The molecule has 1 N–H and O–H groups in total. The molecule has 0 aliphatic carbocycles. The molecule has 0 unspecified atom stereocenters. The van der Waals surface area contributed by atoms with Crippen molar-refractivity contribution in [3.63, 3.8) is 0 Å². The zero-order valence-corrected chi connectivity index (χ0v) is 26.7. The van der Waals surface area contributed by atoms with Gasteiger partial charge in [-0.25, -0.2) is 18.6 Å². The van der Waals surface area contributed by atoms with Crippen LogP contribution in [0, 0.1) is 0 Å². The van der Waals surface area contributed by atoms with Crippen LogP contribution in [0.1, 0.15) is 26.3 Å². The number of rotatable bonds is 13. The molecule has 0 atom stereocenters. The molecule has 0 fully saturated rings. The minimum absolute atomic E-state index is 0.0379. The summed E-state index contributed by atoms with van der Waals surface area (Å²) >= 11 is 6.19. The fourth-order valence-corrected chi connectivity index (χ4v) is 5.38. The van der Waals surface area contributed by atoms with Crippen molar-refractivity contribution in [3.05, 3.63) is 71.2 Å². The predicted molar refractivity (Wildman–Crippen MR) is 166 cm³/mol. The third-order valence-corrected chi connectivity index (χ3v) is 7.69. The maximum Gasteiger partial charge on any atom is 0.344 e. The third kappa shape index (κ3) is 9.25. The number of hydrazone groups is 1. The van der Waals surface area contributed by atoms with Crippen molar-refractivity contribution in [1.29, 1.82) is 0 Å². The van der Waals surface area contributed by atoms with Gasteiger partial charge in [0.05, 0.1) is 38.1 Å². The van der Waals surface area contributed by atoms with E-state index in [-0.39, 0.29) is 33.7 Å². The zero-order valence-electron chi connectivity index (χ0n) is 25.1. The second kappa shape index (κ2) is 14.8. The normalized spacial score (nSPS) is 11.5. The van der Waals surface area contributed by atoms with Crippen molar-refractivity contribution in [3.8, 4) is 23.0 Å². The number of nitrogens with one attached hydrogen (secondary N) is 1. The summed E-state index contributed by atoms with van der Waals surface area (Å²) < 4.78 is 55.1. The van der Waals surface area contributed by atoms with Gasteiger partial charge < -0.3 is 23.7 Å². The van der Waals surface area contributed by atoms with E-state index in [1.54, 1.807) is 45.0 Å². The van der Waals surface area contributed by atoms with Gasteiger partial charge in [0.2, 0.25) is 0 Å². The van der Waals surface area contributed by atoms with Crippen molar-refractivity contribution in [2.24, 2.45) is 5.10 Å². The average molecular weight is 648 g/mol. The van der Waals surface area contributed by atoms with Crippen LogP contribution >= 0.6 is 11.6 Å². The Morgan fingerprint density at radius 2 is 1.55 bits per heavy atom. The Kier molecular flexibility index (Phi) is 11.4. The minimum Gasteiger partial charge on any atom is -0.495 e. The van der Waals surface area contributed by atoms with Crippen LogP contribution in [0.3, 0.4) is 0 Å². The first-order chi connectivity index (χ1) is 20.8. The topological polar surface area (TPSA) is 142 Å². The lowest BCUT2D eigenvalue weighted by molar-refractivity contribution is -0.157. The number of hydrogen-bond donors (Lipinski definition) is 1. The van der Waals surface area contributed by atoms with E-state index >= 15 is 0 Å². The molecule has 12 nitrogen and oxygen atoms in total. The van der Waals surface area contributed by atoms with Gasteiger partial charge in [0.25, 0.3) is 15.9 Å². The fourth-order valence-electron chi connectivity index (χ4n) is 3.77. The van der Waals surface area contributed by atoms with Crippen LogP contribution in [0.25, 0.3) is 0 Å². The van der Waals surface area contributed by atoms with E-state index in [0.29, 0.717) is 17.1 Å². The number of nitrogens with zero attached hydrogens (tertiary/aromatic N) is 2. The monoisotopic (exact) mass is 647 g/mol. The summed E-state index contributed by atoms with van der Waals surface area (Å²) in [5, 5.41) is 4.17. The van der Waals surface area contributed by atoms with Gasteiger partial charge in [-0.3, -0.25) is 9.10 Å². The van der Waals surface area contributed by atoms with Crippen molar-refractivity contribution >= 4 is 45.4 Å². The highest BCUT2D eigenvalue weighted by atomic mass is 35.5. The molecule has 14 heteroatoms. The van der Waals surface area contributed by atoms with E-state index in [1.807, 2.05) is 0 Å². The Morgan fingerprint density at radius 3 is 2.16 bits per heavy atom. The summed E-state index contributed by atoms with van der Waals surface area (Å²) in [5.41, 5.74) is 2.36. The van der Waals surface area contributed by atoms with E-state index in [1.165, 1.54) is 63.9 Å². The van der Waals surface area contributed by atoms with E-state index in [4.69, 9.17) is 35.3 Å². The first kappa shape index (κ1) is 34.0. The molecule has 0 saturated heterocycles. The highest BCUT2D eigenvalue weighted by Gasteiger charge is 2.30. The quantitative estimate of drug-likeness (QED) is 0.162. The molecule has 44 heavy (non-hydrogen) atoms. The number of hydrogen-bond acceptors (Lipinski definition) is 10. The number of carbonyl (C=O) groups is 2.